The maximum Gasteiger partial charge on any atom is 0.349 e. The van der Waals surface area contributed by atoms with Crippen LogP contribution in [0.1, 0.15) is 12.5 Å². The van der Waals surface area contributed by atoms with Crippen molar-refractivity contribution in [1.29, 1.82) is 5.26 Å². The van der Waals surface area contributed by atoms with Gasteiger partial charge in [-0.2, -0.15) is 5.26 Å². The van der Waals surface area contributed by atoms with E-state index in [1.807, 2.05) is 31.1 Å². The summed E-state index contributed by atoms with van der Waals surface area (Å²) >= 11 is 0. The monoisotopic (exact) mass is 327 g/mol. The quantitative estimate of drug-likeness (QED) is 0.358. The van der Waals surface area contributed by atoms with E-state index in [4.69, 9.17) is 10.00 Å². The highest BCUT2D eigenvalue weighted by Crippen LogP contribution is 2.15. The van der Waals surface area contributed by atoms with E-state index in [1.54, 1.807) is 18.2 Å². The van der Waals surface area contributed by atoms with Crippen molar-refractivity contribution >= 4 is 23.6 Å². The van der Waals surface area contributed by atoms with E-state index in [-0.39, 0.29) is 12.1 Å². The highest BCUT2D eigenvalue weighted by Gasteiger charge is 2.20. The lowest BCUT2D eigenvalue weighted by Crippen LogP contribution is -2.36. The van der Waals surface area contributed by atoms with Crippen LogP contribution in [-0.4, -0.2) is 38.6 Å². The largest absolute Gasteiger partial charge is 0.448 e. The van der Waals surface area contributed by atoms with Crippen LogP contribution in [0.5, 0.6) is 0 Å². The Bertz CT molecular complexity index is 670. The molecule has 0 aliphatic heterocycles. The molecule has 0 aromatic heterocycles. The minimum absolute atomic E-state index is 0.170. The Kier molecular flexibility index (Phi) is 7.24. The predicted octanol–water partition coefficient (Wildman–Crippen LogP) is 1.89. The first kappa shape index (κ1) is 19.0. The summed E-state index contributed by atoms with van der Waals surface area (Å²) < 4.78 is 5.01. The lowest BCUT2D eigenvalue weighted by Gasteiger charge is -2.13. The van der Waals surface area contributed by atoms with E-state index in [0.717, 1.165) is 5.69 Å². The number of ether oxygens (including phenoxy) is 1. The molecule has 0 fully saturated rings. The molecule has 1 amide bonds. The summed E-state index contributed by atoms with van der Waals surface area (Å²) in [6.45, 7) is 5.20. The van der Waals surface area contributed by atoms with Crippen LogP contribution in [0.25, 0.3) is 6.08 Å². The Morgan fingerprint density at radius 3 is 2.50 bits per heavy atom. The SMILES string of the molecule is C=CCNC(=O)[C@H](C)OC(=O)/C(C#N)=C/c1ccc(N(C)C)cc1. The number of nitrogens with zero attached hydrogens (tertiary/aromatic N) is 2. The summed E-state index contributed by atoms with van der Waals surface area (Å²) in [6, 6.07) is 9.13. The number of nitrogens with one attached hydrogen (secondary N) is 1. The van der Waals surface area contributed by atoms with Gasteiger partial charge >= 0.3 is 5.97 Å². The fourth-order valence-corrected chi connectivity index (χ4v) is 1.77. The van der Waals surface area contributed by atoms with Crippen molar-refractivity contribution in [3.63, 3.8) is 0 Å². The number of amides is 1. The number of hydrogen-bond acceptors (Lipinski definition) is 5. The van der Waals surface area contributed by atoms with Crippen molar-refractivity contribution in [1.82, 2.24) is 5.32 Å². The molecule has 0 aliphatic rings. The van der Waals surface area contributed by atoms with Crippen LogP contribution in [0, 0.1) is 11.3 Å². The van der Waals surface area contributed by atoms with Gasteiger partial charge in [-0.05, 0) is 30.7 Å². The number of benzene rings is 1. The van der Waals surface area contributed by atoms with Gasteiger partial charge in [-0.3, -0.25) is 4.79 Å². The van der Waals surface area contributed by atoms with Crippen LogP contribution in [0.2, 0.25) is 0 Å². The molecule has 24 heavy (non-hydrogen) atoms. The number of hydrogen-bond donors (Lipinski definition) is 1. The zero-order valence-electron chi connectivity index (χ0n) is 14.1. The van der Waals surface area contributed by atoms with Gasteiger partial charge < -0.3 is 15.0 Å². The standard InChI is InChI=1S/C18H21N3O3/c1-5-10-20-17(22)13(2)24-18(23)15(12-19)11-14-6-8-16(9-7-14)21(3)4/h5-9,11,13H,1,10H2,2-4H3,(H,20,22)/b15-11+/t13-/m0/s1. The highest BCUT2D eigenvalue weighted by molar-refractivity contribution is 5.99. The van der Waals surface area contributed by atoms with E-state index in [9.17, 15) is 9.59 Å². The second kappa shape index (κ2) is 9.16. The van der Waals surface area contributed by atoms with Crippen molar-refractivity contribution in [3.05, 3.63) is 48.1 Å². The van der Waals surface area contributed by atoms with Gasteiger partial charge in [0.05, 0.1) is 0 Å². The summed E-state index contributed by atoms with van der Waals surface area (Å²) in [4.78, 5) is 25.6. The number of nitriles is 1. The first-order valence-electron chi connectivity index (χ1n) is 7.37. The van der Waals surface area contributed by atoms with Crippen LogP contribution >= 0.6 is 0 Å². The molecule has 0 radical (unpaired) electrons. The van der Waals surface area contributed by atoms with Crippen LogP contribution in [0.15, 0.2) is 42.5 Å². The third kappa shape index (κ3) is 5.61. The van der Waals surface area contributed by atoms with Gasteiger partial charge in [0.2, 0.25) is 0 Å². The molecular weight excluding hydrogens is 306 g/mol. The van der Waals surface area contributed by atoms with Gasteiger partial charge in [-0.25, -0.2) is 4.79 Å². The van der Waals surface area contributed by atoms with E-state index in [1.165, 1.54) is 19.1 Å². The number of esters is 1. The number of rotatable bonds is 7. The van der Waals surface area contributed by atoms with Crippen LogP contribution in [0.4, 0.5) is 5.69 Å². The topological polar surface area (TPSA) is 82.4 Å². The van der Waals surface area contributed by atoms with Gasteiger partial charge in [-0.1, -0.05) is 18.2 Å². The molecule has 0 saturated heterocycles. The van der Waals surface area contributed by atoms with Crippen LogP contribution in [0.3, 0.4) is 0 Å². The molecule has 6 nitrogen and oxygen atoms in total. The molecule has 0 unspecified atom stereocenters. The molecule has 1 N–H and O–H groups in total. The Balaban J connectivity index is 2.80. The molecule has 0 spiro atoms. The van der Waals surface area contributed by atoms with Crippen molar-refractivity contribution in [2.75, 3.05) is 25.5 Å². The number of carbonyl (C=O) groups excluding carboxylic acids is 2. The summed E-state index contributed by atoms with van der Waals surface area (Å²) in [5.74, 6) is -1.29. The first-order chi connectivity index (χ1) is 11.4. The molecule has 0 bridgehead atoms. The minimum atomic E-state index is -0.995. The van der Waals surface area contributed by atoms with Crippen LogP contribution in [-0.2, 0) is 14.3 Å². The third-order valence-corrected chi connectivity index (χ3v) is 3.13. The third-order valence-electron chi connectivity index (χ3n) is 3.13. The number of anilines is 1. The summed E-state index contributed by atoms with van der Waals surface area (Å²) in [5, 5.41) is 11.7. The minimum Gasteiger partial charge on any atom is -0.448 e. The maximum absolute atomic E-state index is 12.0. The summed E-state index contributed by atoms with van der Waals surface area (Å²) in [5.41, 5.74) is 1.52. The molecule has 6 heteroatoms. The van der Waals surface area contributed by atoms with Crippen molar-refractivity contribution in [3.8, 4) is 6.07 Å². The zero-order valence-corrected chi connectivity index (χ0v) is 14.1. The van der Waals surface area contributed by atoms with Crippen molar-refractivity contribution < 1.29 is 14.3 Å². The average molecular weight is 327 g/mol. The van der Waals surface area contributed by atoms with Gasteiger partial charge in [0.25, 0.3) is 5.91 Å². The fraction of sp³-hybridized carbons (Fsp3) is 0.278. The van der Waals surface area contributed by atoms with Gasteiger partial charge in [0.15, 0.2) is 6.10 Å². The lowest BCUT2D eigenvalue weighted by molar-refractivity contribution is -0.150. The Morgan fingerprint density at radius 2 is 2.00 bits per heavy atom. The number of carbonyl (C=O) groups is 2. The maximum atomic E-state index is 12.0. The smallest absolute Gasteiger partial charge is 0.349 e. The molecule has 1 atom stereocenters. The Hall–Kier alpha value is -3.07. The molecule has 0 saturated carbocycles. The molecule has 1 aromatic carbocycles. The second-order valence-corrected chi connectivity index (χ2v) is 5.24. The van der Waals surface area contributed by atoms with E-state index < -0.39 is 18.0 Å². The van der Waals surface area contributed by atoms with Gasteiger partial charge in [0, 0.05) is 26.3 Å². The lowest BCUT2D eigenvalue weighted by atomic mass is 10.1. The molecule has 126 valence electrons. The first-order valence-corrected chi connectivity index (χ1v) is 7.37. The van der Waals surface area contributed by atoms with Gasteiger partial charge in [-0.15, -0.1) is 6.58 Å². The van der Waals surface area contributed by atoms with E-state index in [2.05, 4.69) is 11.9 Å². The highest BCUT2D eigenvalue weighted by atomic mass is 16.5. The summed E-state index contributed by atoms with van der Waals surface area (Å²) in [6.07, 6.45) is 1.95. The second-order valence-electron chi connectivity index (χ2n) is 5.24. The Morgan fingerprint density at radius 1 is 1.38 bits per heavy atom. The molecule has 0 aliphatic carbocycles. The molecule has 1 rings (SSSR count). The van der Waals surface area contributed by atoms with Gasteiger partial charge in [0.1, 0.15) is 11.6 Å². The van der Waals surface area contributed by atoms with Crippen molar-refractivity contribution in [2.45, 2.75) is 13.0 Å². The fourth-order valence-electron chi connectivity index (χ4n) is 1.77. The Labute approximate surface area is 142 Å². The normalized spacial score (nSPS) is 11.8. The van der Waals surface area contributed by atoms with Crippen LogP contribution < -0.4 is 10.2 Å². The average Bonchev–Trinajstić information content (AvgIpc) is 2.57. The van der Waals surface area contributed by atoms with Crippen molar-refractivity contribution in [2.24, 2.45) is 0 Å². The molecular formula is C18H21N3O3. The predicted molar refractivity (Wildman–Crippen MR) is 93.1 cm³/mol. The zero-order chi connectivity index (χ0) is 18.1. The van der Waals surface area contributed by atoms with E-state index >= 15 is 0 Å². The molecule has 0 heterocycles. The molecule has 1 aromatic rings. The summed E-state index contributed by atoms with van der Waals surface area (Å²) in [7, 11) is 3.84. The van der Waals surface area contributed by atoms with E-state index in [0.29, 0.717) is 5.56 Å².